The van der Waals surface area contributed by atoms with E-state index in [4.69, 9.17) is 32.4 Å². The van der Waals surface area contributed by atoms with Crippen LogP contribution < -0.4 is 10.1 Å². The van der Waals surface area contributed by atoms with Gasteiger partial charge in [0.15, 0.2) is 0 Å². The molecule has 2 aromatic rings. The standard InChI is InChI=1S/C13H13Cl2NO2/c1-16-13(11-4-3-5-18-11)8-6-10(15)12(17-2)7-9(8)14/h3-7,13,16H,1-2H3. The fourth-order valence-electron chi connectivity index (χ4n) is 1.83. The second kappa shape index (κ2) is 5.65. The van der Waals surface area contributed by atoms with Gasteiger partial charge in [-0.1, -0.05) is 23.2 Å². The fraction of sp³-hybridized carbons (Fsp3) is 0.231. The molecule has 2 rings (SSSR count). The van der Waals surface area contributed by atoms with Crippen LogP contribution in [-0.4, -0.2) is 14.2 Å². The Morgan fingerprint density at radius 2 is 2.06 bits per heavy atom. The summed E-state index contributed by atoms with van der Waals surface area (Å²) in [5, 5.41) is 4.24. The second-order valence-electron chi connectivity index (χ2n) is 3.75. The van der Waals surface area contributed by atoms with E-state index in [-0.39, 0.29) is 6.04 Å². The van der Waals surface area contributed by atoms with Crippen molar-refractivity contribution in [2.45, 2.75) is 6.04 Å². The quantitative estimate of drug-likeness (QED) is 0.925. The number of rotatable bonds is 4. The summed E-state index contributed by atoms with van der Waals surface area (Å²) in [6.45, 7) is 0. The third-order valence-corrected chi connectivity index (χ3v) is 3.32. The highest BCUT2D eigenvalue weighted by atomic mass is 35.5. The molecule has 1 aromatic heterocycles. The molecule has 1 unspecified atom stereocenters. The maximum Gasteiger partial charge on any atom is 0.138 e. The van der Waals surface area contributed by atoms with E-state index in [9.17, 15) is 0 Å². The zero-order valence-corrected chi connectivity index (χ0v) is 11.5. The highest BCUT2D eigenvalue weighted by Crippen LogP contribution is 2.36. The first-order chi connectivity index (χ1) is 8.67. The molecule has 0 amide bonds. The lowest BCUT2D eigenvalue weighted by molar-refractivity contribution is 0.414. The van der Waals surface area contributed by atoms with Crippen molar-refractivity contribution in [1.29, 1.82) is 0 Å². The summed E-state index contributed by atoms with van der Waals surface area (Å²) in [6, 6.07) is 7.06. The van der Waals surface area contributed by atoms with Crippen LogP contribution in [0, 0.1) is 0 Å². The molecule has 0 fully saturated rings. The molecule has 3 nitrogen and oxygen atoms in total. The Labute approximate surface area is 116 Å². The van der Waals surface area contributed by atoms with Gasteiger partial charge in [0.05, 0.1) is 24.4 Å². The number of hydrogen-bond acceptors (Lipinski definition) is 3. The number of furan rings is 1. The molecule has 0 spiro atoms. The minimum atomic E-state index is -0.143. The molecule has 0 aliphatic carbocycles. The Kier molecular flexibility index (Phi) is 4.17. The van der Waals surface area contributed by atoms with Gasteiger partial charge in [-0.05, 0) is 30.8 Å². The largest absolute Gasteiger partial charge is 0.495 e. The first kappa shape index (κ1) is 13.3. The molecule has 0 aliphatic heterocycles. The van der Waals surface area contributed by atoms with Crippen LogP contribution in [0.2, 0.25) is 10.0 Å². The highest BCUT2D eigenvalue weighted by molar-refractivity contribution is 6.34. The normalized spacial score (nSPS) is 12.4. The van der Waals surface area contributed by atoms with Gasteiger partial charge in [0.2, 0.25) is 0 Å². The van der Waals surface area contributed by atoms with E-state index in [1.54, 1.807) is 25.5 Å². The molecule has 0 saturated carbocycles. The molecule has 18 heavy (non-hydrogen) atoms. The summed E-state index contributed by atoms with van der Waals surface area (Å²) < 4.78 is 10.5. The third-order valence-electron chi connectivity index (χ3n) is 2.70. The van der Waals surface area contributed by atoms with Crippen LogP contribution in [-0.2, 0) is 0 Å². The number of benzene rings is 1. The van der Waals surface area contributed by atoms with Gasteiger partial charge in [-0.25, -0.2) is 0 Å². The second-order valence-corrected chi connectivity index (χ2v) is 4.56. The number of nitrogens with one attached hydrogen (secondary N) is 1. The smallest absolute Gasteiger partial charge is 0.138 e. The molecular weight excluding hydrogens is 273 g/mol. The maximum absolute atomic E-state index is 6.25. The summed E-state index contributed by atoms with van der Waals surface area (Å²) in [5.74, 6) is 1.33. The summed E-state index contributed by atoms with van der Waals surface area (Å²) in [5.41, 5.74) is 0.847. The maximum atomic E-state index is 6.25. The van der Waals surface area contributed by atoms with Gasteiger partial charge in [-0.2, -0.15) is 0 Å². The molecule has 0 saturated heterocycles. The van der Waals surface area contributed by atoms with E-state index in [1.807, 2.05) is 19.2 Å². The van der Waals surface area contributed by atoms with E-state index in [0.717, 1.165) is 11.3 Å². The van der Waals surface area contributed by atoms with E-state index in [2.05, 4.69) is 5.32 Å². The molecule has 96 valence electrons. The SMILES string of the molecule is CNC(c1ccco1)c1cc(Cl)c(OC)cc1Cl. The van der Waals surface area contributed by atoms with Crippen molar-refractivity contribution >= 4 is 23.2 Å². The van der Waals surface area contributed by atoms with Gasteiger partial charge in [-0.3, -0.25) is 0 Å². The fourth-order valence-corrected chi connectivity index (χ4v) is 2.34. The van der Waals surface area contributed by atoms with Crippen molar-refractivity contribution in [3.05, 3.63) is 51.9 Å². The van der Waals surface area contributed by atoms with Gasteiger partial charge in [0, 0.05) is 11.1 Å². The Morgan fingerprint density at radius 1 is 1.28 bits per heavy atom. The predicted molar refractivity (Wildman–Crippen MR) is 72.6 cm³/mol. The van der Waals surface area contributed by atoms with Gasteiger partial charge < -0.3 is 14.5 Å². The first-order valence-electron chi connectivity index (χ1n) is 5.41. The van der Waals surface area contributed by atoms with Crippen LogP contribution in [0.5, 0.6) is 5.75 Å². The van der Waals surface area contributed by atoms with Gasteiger partial charge >= 0.3 is 0 Å². The zero-order valence-electron chi connectivity index (χ0n) is 10.0. The van der Waals surface area contributed by atoms with Gasteiger partial charge in [0.25, 0.3) is 0 Å². The molecule has 1 heterocycles. The van der Waals surface area contributed by atoms with Gasteiger partial charge in [0.1, 0.15) is 11.5 Å². The van der Waals surface area contributed by atoms with Crippen molar-refractivity contribution in [3.63, 3.8) is 0 Å². The minimum Gasteiger partial charge on any atom is -0.495 e. The number of hydrogen-bond donors (Lipinski definition) is 1. The van der Waals surface area contributed by atoms with Crippen LogP contribution in [0.4, 0.5) is 0 Å². The van der Waals surface area contributed by atoms with Crippen molar-refractivity contribution in [3.8, 4) is 5.75 Å². The van der Waals surface area contributed by atoms with E-state index >= 15 is 0 Å². The Hall–Kier alpha value is -1.16. The monoisotopic (exact) mass is 285 g/mol. The Morgan fingerprint density at radius 3 is 2.61 bits per heavy atom. The Bertz CT molecular complexity index is 526. The van der Waals surface area contributed by atoms with Crippen LogP contribution in [0.25, 0.3) is 0 Å². The van der Waals surface area contributed by atoms with Crippen molar-refractivity contribution in [1.82, 2.24) is 5.32 Å². The molecule has 1 N–H and O–H groups in total. The van der Waals surface area contributed by atoms with E-state index < -0.39 is 0 Å². The predicted octanol–water partition coefficient (Wildman–Crippen LogP) is 3.90. The number of halogens is 2. The summed E-state index contributed by atoms with van der Waals surface area (Å²) >= 11 is 12.4. The van der Waals surface area contributed by atoms with Crippen molar-refractivity contribution in [2.75, 3.05) is 14.2 Å². The molecule has 0 radical (unpaired) electrons. The van der Waals surface area contributed by atoms with Crippen LogP contribution in [0.15, 0.2) is 34.9 Å². The zero-order chi connectivity index (χ0) is 13.1. The summed E-state index contributed by atoms with van der Waals surface area (Å²) in [7, 11) is 3.39. The van der Waals surface area contributed by atoms with E-state index in [0.29, 0.717) is 15.8 Å². The number of methoxy groups -OCH3 is 1. The average molecular weight is 286 g/mol. The van der Waals surface area contributed by atoms with E-state index in [1.165, 1.54) is 0 Å². The van der Waals surface area contributed by atoms with Crippen LogP contribution in [0.1, 0.15) is 17.4 Å². The average Bonchev–Trinajstić information content (AvgIpc) is 2.87. The molecule has 0 bridgehead atoms. The molecule has 0 aliphatic rings. The van der Waals surface area contributed by atoms with Crippen LogP contribution >= 0.6 is 23.2 Å². The van der Waals surface area contributed by atoms with Gasteiger partial charge in [-0.15, -0.1) is 0 Å². The lowest BCUT2D eigenvalue weighted by atomic mass is 10.0. The minimum absolute atomic E-state index is 0.143. The molecule has 1 atom stereocenters. The number of ether oxygens (including phenoxy) is 1. The lowest BCUT2D eigenvalue weighted by Gasteiger charge is -2.17. The third kappa shape index (κ3) is 2.48. The molecule has 5 heteroatoms. The molecule has 1 aromatic carbocycles. The summed E-state index contributed by atoms with van der Waals surface area (Å²) in [4.78, 5) is 0. The first-order valence-corrected chi connectivity index (χ1v) is 6.16. The summed E-state index contributed by atoms with van der Waals surface area (Å²) in [6.07, 6.45) is 1.62. The lowest BCUT2D eigenvalue weighted by Crippen LogP contribution is -2.17. The van der Waals surface area contributed by atoms with Crippen LogP contribution in [0.3, 0.4) is 0 Å². The van der Waals surface area contributed by atoms with Crippen molar-refractivity contribution < 1.29 is 9.15 Å². The highest BCUT2D eigenvalue weighted by Gasteiger charge is 2.19. The Balaban J connectivity index is 2.46. The topological polar surface area (TPSA) is 34.4 Å². The molecular formula is C13H13Cl2NO2. The van der Waals surface area contributed by atoms with Crippen molar-refractivity contribution in [2.24, 2.45) is 0 Å².